The van der Waals surface area contributed by atoms with Crippen molar-refractivity contribution in [2.45, 2.75) is 6.92 Å². The van der Waals surface area contributed by atoms with Gasteiger partial charge in [0.05, 0.1) is 10.6 Å². The van der Waals surface area contributed by atoms with Crippen molar-refractivity contribution < 1.29 is 4.92 Å². The molecule has 0 aliphatic heterocycles. The number of allylic oxidation sites excluding steroid dienone is 4. The maximum Gasteiger partial charge on any atom is 0.270 e. The van der Waals surface area contributed by atoms with Crippen molar-refractivity contribution in [3.8, 4) is 0 Å². The molecule has 80 valence electrons. The van der Waals surface area contributed by atoms with Gasteiger partial charge in [-0.05, 0) is 13.0 Å². The molecule has 0 aromatic heterocycles. The lowest BCUT2D eigenvalue weighted by Crippen LogP contribution is -2.15. The second-order valence-corrected chi connectivity index (χ2v) is 3.21. The third-order valence-corrected chi connectivity index (χ3v) is 2.12. The molecular weight excluding hydrogens is 218 g/mol. The van der Waals surface area contributed by atoms with E-state index in [-0.39, 0.29) is 16.6 Å². The predicted octanol–water partition coefficient (Wildman–Crippen LogP) is 1.80. The Hall–Kier alpha value is -1.62. The fourth-order valence-electron chi connectivity index (χ4n) is 1.08. The van der Waals surface area contributed by atoms with Crippen molar-refractivity contribution in [1.29, 1.82) is 5.41 Å². The van der Waals surface area contributed by atoms with Gasteiger partial charge in [0.15, 0.2) is 0 Å². The van der Waals surface area contributed by atoms with Crippen LogP contribution in [0.15, 0.2) is 34.7 Å². The molecule has 0 radical (unpaired) electrons. The fourth-order valence-corrected chi connectivity index (χ4v) is 1.37. The third kappa shape index (κ3) is 2.66. The Labute approximate surface area is 91.8 Å². The van der Waals surface area contributed by atoms with E-state index in [4.69, 9.17) is 17.0 Å². The first-order chi connectivity index (χ1) is 7.06. The highest BCUT2D eigenvalue weighted by atomic mass is 35.5. The monoisotopic (exact) mass is 227 g/mol. The summed E-state index contributed by atoms with van der Waals surface area (Å²) in [6.45, 7) is 2.45. The van der Waals surface area contributed by atoms with Gasteiger partial charge in [0.1, 0.15) is 5.16 Å². The van der Waals surface area contributed by atoms with Gasteiger partial charge in [-0.2, -0.15) is 0 Å². The maximum atomic E-state index is 10.5. The predicted molar refractivity (Wildman–Crippen MR) is 58.5 cm³/mol. The quantitative estimate of drug-likeness (QED) is 0.438. The SMILES string of the molecule is CCN/C(Cl)=C1/C=C([N+](=O)[O-])C=CC1=N. The zero-order chi connectivity index (χ0) is 11.4. The molecule has 5 nitrogen and oxygen atoms in total. The Bertz CT molecular complexity index is 396. The van der Waals surface area contributed by atoms with Crippen molar-refractivity contribution in [2.24, 2.45) is 0 Å². The summed E-state index contributed by atoms with van der Waals surface area (Å²) in [7, 11) is 0. The highest BCUT2D eigenvalue weighted by Crippen LogP contribution is 2.18. The van der Waals surface area contributed by atoms with E-state index < -0.39 is 4.92 Å². The van der Waals surface area contributed by atoms with Gasteiger partial charge in [0.25, 0.3) is 5.70 Å². The van der Waals surface area contributed by atoms with Gasteiger partial charge in [-0.3, -0.25) is 10.1 Å². The molecule has 0 spiro atoms. The summed E-state index contributed by atoms with van der Waals surface area (Å²) in [5.74, 6) is 0. The number of nitro groups is 1. The van der Waals surface area contributed by atoms with Crippen LogP contribution in [0.4, 0.5) is 0 Å². The Morgan fingerprint density at radius 1 is 1.67 bits per heavy atom. The van der Waals surface area contributed by atoms with Crippen LogP contribution >= 0.6 is 11.6 Å². The second kappa shape index (κ2) is 4.75. The molecule has 0 unspecified atom stereocenters. The molecular formula is C9H10ClN3O2. The summed E-state index contributed by atoms with van der Waals surface area (Å²) in [6.07, 6.45) is 3.92. The van der Waals surface area contributed by atoms with Crippen molar-refractivity contribution in [1.82, 2.24) is 5.32 Å². The molecule has 1 rings (SSSR count). The summed E-state index contributed by atoms with van der Waals surface area (Å²) in [6, 6.07) is 0. The minimum absolute atomic E-state index is 0.0722. The lowest BCUT2D eigenvalue weighted by molar-refractivity contribution is -0.419. The molecule has 0 atom stereocenters. The Morgan fingerprint density at radius 2 is 2.33 bits per heavy atom. The molecule has 0 aromatic rings. The summed E-state index contributed by atoms with van der Waals surface area (Å²) < 4.78 is 0. The Kier molecular flexibility index (Phi) is 3.62. The van der Waals surface area contributed by atoms with Gasteiger partial charge in [-0.1, -0.05) is 11.6 Å². The zero-order valence-electron chi connectivity index (χ0n) is 8.08. The van der Waals surface area contributed by atoms with E-state index in [2.05, 4.69) is 5.32 Å². The molecule has 2 N–H and O–H groups in total. The van der Waals surface area contributed by atoms with Gasteiger partial charge in [0, 0.05) is 24.3 Å². The average molecular weight is 228 g/mol. The van der Waals surface area contributed by atoms with E-state index in [1.165, 1.54) is 18.2 Å². The lowest BCUT2D eigenvalue weighted by Gasteiger charge is -2.09. The van der Waals surface area contributed by atoms with Gasteiger partial charge < -0.3 is 10.7 Å². The average Bonchev–Trinajstić information content (AvgIpc) is 2.18. The van der Waals surface area contributed by atoms with E-state index >= 15 is 0 Å². The zero-order valence-corrected chi connectivity index (χ0v) is 8.84. The van der Waals surface area contributed by atoms with E-state index in [0.717, 1.165) is 0 Å². The number of nitrogens with one attached hydrogen (secondary N) is 2. The Balaban J connectivity index is 3.08. The molecule has 0 fully saturated rings. The molecule has 1 aliphatic carbocycles. The third-order valence-electron chi connectivity index (χ3n) is 1.78. The minimum Gasteiger partial charge on any atom is -0.376 e. The highest BCUT2D eigenvalue weighted by molar-refractivity contribution is 6.33. The molecule has 0 saturated carbocycles. The van der Waals surface area contributed by atoms with Crippen LogP contribution in [-0.4, -0.2) is 17.2 Å². The van der Waals surface area contributed by atoms with Crippen LogP contribution < -0.4 is 5.32 Å². The molecule has 6 heteroatoms. The summed E-state index contributed by atoms with van der Waals surface area (Å²) in [4.78, 5) is 10.0. The second-order valence-electron chi connectivity index (χ2n) is 2.83. The molecule has 15 heavy (non-hydrogen) atoms. The van der Waals surface area contributed by atoms with Crippen LogP contribution in [0.25, 0.3) is 0 Å². The minimum atomic E-state index is -0.515. The van der Waals surface area contributed by atoms with E-state index in [0.29, 0.717) is 12.1 Å². The molecule has 0 amide bonds. The van der Waals surface area contributed by atoms with Crippen LogP contribution in [0.2, 0.25) is 0 Å². The number of hydrogen-bond donors (Lipinski definition) is 2. The van der Waals surface area contributed by atoms with Crippen molar-refractivity contribution in [3.63, 3.8) is 0 Å². The molecule has 0 heterocycles. The van der Waals surface area contributed by atoms with Crippen LogP contribution in [0, 0.1) is 15.5 Å². The van der Waals surface area contributed by atoms with Crippen LogP contribution in [0.5, 0.6) is 0 Å². The van der Waals surface area contributed by atoms with Gasteiger partial charge in [-0.15, -0.1) is 0 Å². The molecule has 1 aliphatic rings. The maximum absolute atomic E-state index is 10.5. The van der Waals surface area contributed by atoms with E-state index in [9.17, 15) is 10.1 Å². The van der Waals surface area contributed by atoms with Crippen LogP contribution in [-0.2, 0) is 0 Å². The van der Waals surface area contributed by atoms with Crippen LogP contribution in [0.1, 0.15) is 6.92 Å². The fraction of sp³-hybridized carbons (Fsp3) is 0.222. The van der Waals surface area contributed by atoms with Crippen molar-refractivity contribution in [2.75, 3.05) is 6.54 Å². The number of halogens is 1. The van der Waals surface area contributed by atoms with Gasteiger partial charge in [-0.25, -0.2) is 0 Å². The highest BCUT2D eigenvalue weighted by Gasteiger charge is 2.17. The Morgan fingerprint density at radius 3 is 2.87 bits per heavy atom. The number of nitrogens with zero attached hydrogens (tertiary/aromatic N) is 1. The first kappa shape index (κ1) is 11.5. The first-order valence-corrected chi connectivity index (χ1v) is 4.70. The largest absolute Gasteiger partial charge is 0.376 e. The van der Waals surface area contributed by atoms with Crippen LogP contribution in [0.3, 0.4) is 0 Å². The smallest absolute Gasteiger partial charge is 0.270 e. The summed E-state index contributed by atoms with van der Waals surface area (Å²) in [5, 5.41) is 21.1. The van der Waals surface area contributed by atoms with Gasteiger partial charge in [0.2, 0.25) is 0 Å². The van der Waals surface area contributed by atoms with E-state index in [1.807, 2.05) is 6.92 Å². The first-order valence-electron chi connectivity index (χ1n) is 4.33. The normalized spacial score (nSPS) is 18.5. The van der Waals surface area contributed by atoms with E-state index in [1.54, 1.807) is 0 Å². The number of rotatable bonds is 3. The lowest BCUT2D eigenvalue weighted by atomic mass is 10.1. The molecule has 0 aromatic carbocycles. The van der Waals surface area contributed by atoms with Crippen molar-refractivity contribution in [3.05, 3.63) is 44.8 Å². The topological polar surface area (TPSA) is 79.0 Å². The summed E-state index contributed by atoms with van der Waals surface area (Å²) >= 11 is 5.85. The van der Waals surface area contributed by atoms with Crippen molar-refractivity contribution >= 4 is 17.3 Å². The molecule has 0 saturated heterocycles. The van der Waals surface area contributed by atoms with Gasteiger partial charge >= 0.3 is 0 Å². The number of hydrogen-bond acceptors (Lipinski definition) is 4. The standard InChI is InChI=1S/C9H10ClN3O2/c1-2-12-9(10)7-5-6(13(14)15)3-4-8(7)11/h3-5,11-12H,2H2,1H3/b9-7-,11-8?. The molecule has 0 bridgehead atoms. The summed E-state index contributed by atoms with van der Waals surface area (Å²) in [5.41, 5.74) is 0.427.